The number of carbonyl (C=O) groups is 2. The van der Waals surface area contributed by atoms with Crippen molar-refractivity contribution in [2.75, 3.05) is 50.7 Å². The van der Waals surface area contributed by atoms with Crippen LogP contribution in [-0.2, 0) is 9.47 Å². The van der Waals surface area contributed by atoms with Gasteiger partial charge in [0.2, 0.25) is 0 Å². The number of fused-ring (bicyclic) bond motifs is 1. The van der Waals surface area contributed by atoms with Crippen LogP contribution in [0.5, 0.6) is 11.5 Å². The normalized spacial score (nSPS) is 13.4. The second-order valence-corrected chi connectivity index (χ2v) is 11.1. The van der Waals surface area contributed by atoms with Crippen LogP contribution in [0, 0.1) is 10.1 Å². The van der Waals surface area contributed by atoms with Crippen LogP contribution in [0.4, 0.5) is 27.7 Å². The van der Waals surface area contributed by atoms with Crippen molar-refractivity contribution in [1.29, 1.82) is 0 Å². The van der Waals surface area contributed by atoms with Crippen molar-refractivity contribution >= 4 is 45.8 Å². The average Bonchev–Trinajstić information content (AvgIpc) is 3.39. The van der Waals surface area contributed by atoms with Gasteiger partial charge in [-0.1, -0.05) is 0 Å². The van der Waals surface area contributed by atoms with Gasteiger partial charge in [-0.05, 0) is 57.2 Å². The molecule has 2 aromatic heterocycles. The summed E-state index contributed by atoms with van der Waals surface area (Å²) in [4.78, 5) is 45.2. The molecule has 1 saturated heterocycles. The zero-order valence-corrected chi connectivity index (χ0v) is 25.1. The van der Waals surface area contributed by atoms with Crippen LogP contribution in [0.2, 0.25) is 0 Å². The Kier molecular flexibility index (Phi) is 8.41. The molecule has 1 fully saturated rings. The van der Waals surface area contributed by atoms with E-state index in [2.05, 4.69) is 10.3 Å². The van der Waals surface area contributed by atoms with Crippen LogP contribution in [-0.4, -0.2) is 72.5 Å². The Balaban J connectivity index is 1.56. The van der Waals surface area contributed by atoms with Crippen molar-refractivity contribution in [3.63, 3.8) is 0 Å². The van der Waals surface area contributed by atoms with Crippen molar-refractivity contribution in [2.24, 2.45) is 0 Å². The number of hydrogen-bond donors (Lipinski definition) is 1. The van der Waals surface area contributed by atoms with Crippen molar-refractivity contribution in [2.45, 2.75) is 26.4 Å². The first-order valence-electron chi connectivity index (χ1n) is 13.9. The monoisotopic (exact) mass is 603 g/mol. The van der Waals surface area contributed by atoms with Gasteiger partial charge in [0.15, 0.2) is 11.4 Å². The molecular weight excluding hydrogens is 570 g/mol. The number of ketones is 1. The lowest BCUT2D eigenvalue weighted by Gasteiger charge is -2.28. The summed E-state index contributed by atoms with van der Waals surface area (Å²) in [6.07, 6.45) is 0.638. The number of pyridine rings is 1. The molecule has 1 aliphatic heterocycles. The number of anilines is 3. The Morgan fingerprint density at radius 3 is 2.30 bits per heavy atom. The summed E-state index contributed by atoms with van der Waals surface area (Å²) in [5.74, 6) is 0.680. The number of methoxy groups -OCH3 is 2. The van der Waals surface area contributed by atoms with Gasteiger partial charge in [-0.15, -0.1) is 0 Å². The Bertz CT molecular complexity index is 1710. The molecule has 4 aromatic rings. The molecule has 0 radical (unpaired) electrons. The number of benzene rings is 2. The third-order valence-electron chi connectivity index (χ3n) is 6.92. The minimum absolute atomic E-state index is 0.134. The second-order valence-electron chi connectivity index (χ2n) is 11.1. The molecule has 0 aliphatic carbocycles. The SMILES string of the molecule is COc1cc(OC)cc(C(=O)c2cn(C(=O)OC(C)(C)C)c3nc(Nc4ccc(N5CCOCC5)cc4[N+](=O)[O-])ccc23)c1. The molecule has 0 atom stereocenters. The number of nitro groups is 1. The Hall–Kier alpha value is -5.17. The topological polar surface area (TPSA) is 147 Å². The van der Waals surface area contributed by atoms with Gasteiger partial charge in [-0.3, -0.25) is 14.9 Å². The van der Waals surface area contributed by atoms with E-state index in [-0.39, 0.29) is 34.0 Å². The number of nitro benzene ring substituents is 1. The molecule has 0 spiro atoms. The highest BCUT2D eigenvalue weighted by molar-refractivity contribution is 6.17. The number of nitrogens with one attached hydrogen (secondary N) is 1. The number of nitrogens with zero attached hydrogens (tertiary/aromatic N) is 4. The van der Waals surface area contributed by atoms with E-state index < -0.39 is 22.4 Å². The van der Waals surface area contributed by atoms with E-state index in [4.69, 9.17) is 18.9 Å². The molecule has 230 valence electrons. The molecule has 0 amide bonds. The van der Waals surface area contributed by atoms with Crippen molar-refractivity contribution in [3.8, 4) is 11.5 Å². The second kappa shape index (κ2) is 12.2. The molecule has 3 heterocycles. The quantitative estimate of drug-likeness (QED) is 0.153. The minimum Gasteiger partial charge on any atom is -0.497 e. The summed E-state index contributed by atoms with van der Waals surface area (Å²) < 4.78 is 22.8. The lowest BCUT2D eigenvalue weighted by atomic mass is 10.0. The highest BCUT2D eigenvalue weighted by atomic mass is 16.6. The van der Waals surface area contributed by atoms with Gasteiger partial charge in [-0.25, -0.2) is 14.3 Å². The zero-order chi connectivity index (χ0) is 31.6. The maximum atomic E-state index is 13.8. The van der Waals surface area contributed by atoms with E-state index in [1.165, 1.54) is 26.5 Å². The predicted octanol–water partition coefficient (Wildman–Crippen LogP) is 5.56. The number of ether oxygens (including phenoxy) is 4. The number of hydrogen-bond acceptors (Lipinski definition) is 11. The molecule has 0 unspecified atom stereocenters. The molecule has 13 nitrogen and oxygen atoms in total. The summed E-state index contributed by atoms with van der Waals surface area (Å²) >= 11 is 0. The lowest BCUT2D eigenvalue weighted by Crippen LogP contribution is -2.36. The minimum atomic E-state index is -0.823. The van der Waals surface area contributed by atoms with E-state index in [0.29, 0.717) is 48.9 Å². The van der Waals surface area contributed by atoms with Gasteiger partial charge in [-0.2, -0.15) is 0 Å². The largest absolute Gasteiger partial charge is 0.497 e. The summed E-state index contributed by atoms with van der Waals surface area (Å²) in [5.41, 5.74) is 0.579. The smallest absolute Gasteiger partial charge is 0.420 e. The highest BCUT2D eigenvalue weighted by Crippen LogP contribution is 2.34. The molecule has 1 N–H and O–H groups in total. The summed E-state index contributed by atoms with van der Waals surface area (Å²) in [6, 6.07) is 12.9. The first-order valence-corrected chi connectivity index (χ1v) is 13.9. The van der Waals surface area contributed by atoms with Crippen LogP contribution in [0.1, 0.15) is 36.7 Å². The Morgan fingerprint density at radius 1 is 1.00 bits per heavy atom. The van der Waals surface area contributed by atoms with Gasteiger partial charge in [0, 0.05) is 48.1 Å². The van der Waals surface area contributed by atoms with E-state index in [1.807, 2.05) is 4.90 Å². The molecular formula is C31H33N5O8. The third kappa shape index (κ3) is 6.42. The van der Waals surface area contributed by atoms with Gasteiger partial charge >= 0.3 is 6.09 Å². The number of rotatable bonds is 8. The third-order valence-corrected chi connectivity index (χ3v) is 6.92. The first-order chi connectivity index (χ1) is 21.0. The Morgan fingerprint density at radius 2 is 1.68 bits per heavy atom. The van der Waals surface area contributed by atoms with Crippen LogP contribution in [0.25, 0.3) is 11.0 Å². The maximum absolute atomic E-state index is 13.8. The predicted molar refractivity (Wildman–Crippen MR) is 164 cm³/mol. The number of morpholine rings is 1. The van der Waals surface area contributed by atoms with Gasteiger partial charge < -0.3 is 29.2 Å². The van der Waals surface area contributed by atoms with E-state index in [9.17, 15) is 19.7 Å². The number of carbonyl (C=O) groups excluding carboxylic acids is 2. The van der Waals surface area contributed by atoms with Gasteiger partial charge in [0.1, 0.15) is 28.6 Å². The standard InChI is InChI=1S/C31H33N5O8/c1-31(2,3)44-30(38)35-18-24(28(37)19-14-21(41-4)17-22(15-19)42-5)23-7-9-27(33-29(23)35)32-25-8-6-20(16-26(25)36(39)40)34-10-12-43-13-11-34/h6-9,14-18H,10-13H2,1-5H3,(H,32,33). The summed E-state index contributed by atoms with van der Waals surface area (Å²) in [5, 5.41) is 15.4. The average molecular weight is 604 g/mol. The van der Waals surface area contributed by atoms with Crippen molar-refractivity contribution in [3.05, 3.63) is 76.0 Å². The molecule has 2 aromatic carbocycles. The summed E-state index contributed by atoms with van der Waals surface area (Å²) in [6.45, 7) is 7.54. The molecule has 13 heteroatoms. The zero-order valence-electron chi connectivity index (χ0n) is 25.1. The van der Waals surface area contributed by atoms with Gasteiger partial charge in [0.25, 0.3) is 5.69 Å². The molecule has 5 rings (SSSR count). The maximum Gasteiger partial charge on any atom is 0.420 e. The van der Waals surface area contributed by atoms with Crippen LogP contribution >= 0.6 is 0 Å². The lowest BCUT2D eigenvalue weighted by molar-refractivity contribution is -0.383. The van der Waals surface area contributed by atoms with Crippen molar-refractivity contribution < 1.29 is 33.5 Å². The van der Waals surface area contributed by atoms with Crippen LogP contribution in [0.3, 0.4) is 0 Å². The fourth-order valence-electron chi connectivity index (χ4n) is 4.83. The molecule has 44 heavy (non-hydrogen) atoms. The number of aromatic nitrogens is 2. The molecule has 0 saturated carbocycles. The molecule has 0 bridgehead atoms. The van der Waals surface area contributed by atoms with Gasteiger partial charge in [0.05, 0.1) is 37.9 Å². The molecule has 1 aliphatic rings. The van der Waals surface area contributed by atoms with Crippen LogP contribution in [0.15, 0.2) is 54.7 Å². The van der Waals surface area contributed by atoms with Crippen LogP contribution < -0.4 is 19.7 Å². The fourth-order valence-corrected chi connectivity index (χ4v) is 4.83. The Labute approximate surface area is 253 Å². The van der Waals surface area contributed by atoms with E-state index in [0.717, 1.165) is 4.57 Å². The fraction of sp³-hybridized carbons (Fsp3) is 0.323. The van der Waals surface area contributed by atoms with E-state index >= 15 is 0 Å². The van der Waals surface area contributed by atoms with Crippen molar-refractivity contribution in [1.82, 2.24) is 9.55 Å². The summed E-state index contributed by atoms with van der Waals surface area (Å²) in [7, 11) is 2.97. The van der Waals surface area contributed by atoms with E-state index in [1.54, 1.807) is 63.2 Å². The first kappa shape index (κ1) is 30.3. The highest BCUT2D eigenvalue weighted by Gasteiger charge is 2.26.